The van der Waals surface area contributed by atoms with Gasteiger partial charge in [0, 0.05) is 42.7 Å². The normalized spacial score (nSPS) is 14.3. The van der Waals surface area contributed by atoms with Crippen LogP contribution in [-0.4, -0.2) is 22.6 Å². The van der Waals surface area contributed by atoms with Crippen molar-refractivity contribution in [1.82, 2.24) is 14.9 Å². The molecule has 0 bridgehead atoms. The van der Waals surface area contributed by atoms with Crippen LogP contribution < -0.4 is 10.2 Å². The van der Waals surface area contributed by atoms with Gasteiger partial charge in [-0.05, 0) is 30.7 Å². The first kappa shape index (κ1) is 14.4. The summed E-state index contributed by atoms with van der Waals surface area (Å²) in [5.74, 6) is 1.12. The van der Waals surface area contributed by atoms with Gasteiger partial charge in [0.15, 0.2) is 0 Å². The Morgan fingerprint density at radius 2 is 2.24 bits per heavy atom. The number of fused-ring (bicyclic) bond motifs is 1. The number of hydrogen-bond acceptors (Lipinski definition) is 3. The second-order valence-corrected chi connectivity index (χ2v) is 5.84. The van der Waals surface area contributed by atoms with Crippen LogP contribution in [0.1, 0.15) is 24.7 Å². The number of halogens is 1. The van der Waals surface area contributed by atoms with E-state index in [1.54, 1.807) is 0 Å². The molecule has 112 valence electrons. The van der Waals surface area contributed by atoms with Crippen LogP contribution in [0.3, 0.4) is 0 Å². The molecule has 0 spiro atoms. The number of imidazole rings is 1. The highest BCUT2D eigenvalue weighted by Gasteiger charge is 2.19. The molecule has 0 radical (unpaired) electrons. The molecular weight excluding hydrogens is 284 g/mol. The quantitative estimate of drug-likeness (QED) is 0.862. The smallest absolute Gasteiger partial charge is 0.128 e. The lowest BCUT2D eigenvalue weighted by Gasteiger charge is -2.31. The van der Waals surface area contributed by atoms with Gasteiger partial charge in [-0.25, -0.2) is 4.98 Å². The number of rotatable bonds is 5. The number of nitrogens with one attached hydrogen (secondary N) is 1. The van der Waals surface area contributed by atoms with Gasteiger partial charge in [0.1, 0.15) is 5.82 Å². The monoisotopic (exact) mass is 304 g/mol. The van der Waals surface area contributed by atoms with Crippen LogP contribution in [0.4, 0.5) is 5.69 Å². The van der Waals surface area contributed by atoms with Gasteiger partial charge in [-0.15, -0.1) is 0 Å². The number of anilines is 1. The summed E-state index contributed by atoms with van der Waals surface area (Å²) in [5.41, 5.74) is 2.52. The minimum atomic E-state index is 0.790. The van der Waals surface area contributed by atoms with E-state index >= 15 is 0 Å². The van der Waals surface area contributed by atoms with Crippen LogP contribution in [0.15, 0.2) is 30.6 Å². The van der Waals surface area contributed by atoms with Crippen molar-refractivity contribution in [1.29, 1.82) is 0 Å². The molecule has 0 aliphatic carbocycles. The summed E-state index contributed by atoms with van der Waals surface area (Å²) in [6.07, 6.45) is 5.07. The average Bonchev–Trinajstić information content (AvgIpc) is 2.96. The van der Waals surface area contributed by atoms with Crippen molar-refractivity contribution < 1.29 is 0 Å². The van der Waals surface area contributed by atoms with Gasteiger partial charge in [0.05, 0.1) is 6.54 Å². The highest BCUT2D eigenvalue weighted by atomic mass is 35.5. The maximum Gasteiger partial charge on any atom is 0.128 e. The van der Waals surface area contributed by atoms with Crippen molar-refractivity contribution in [3.8, 4) is 0 Å². The third-order valence-electron chi connectivity index (χ3n) is 3.88. The first-order valence-electron chi connectivity index (χ1n) is 7.52. The van der Waals surface area contributed by atoms with E-state index in [0.717, 1.165) is 50.0 Å². The van der Waals surface area contributed by atoms with E-state index in [2.05, 4.69) is 38.8 Å². The fourth-order valence-electron chi connectivity index (χ4n) is 2.76. The lowest BCUT2D eigenvalue weighted by atomic mass is 10.1. The average molecular weight is 305 g/mol. The molecular formula is C16H21ClN4. The molecule has 0 amide bonds. The van der Waals surface area contributed by atoms with E-state index in [1.165, 1.54) is 11.3 Å². The summed E-state index contributed by atoms with van der Waals surface area (Å²) in [4.78, 5) is 6.80. The van der Waals surface area contributed by atoms with Gasteiger partial charge in [0.25, 0.3) is 0 Å². The standard InChI is InChI=1S/C16H21ClN4/c1-2-5-18-11-13-3-4-14(17)10-15(13)21-9-8-20-7-6-19-16(20)12-21/h3-4,6-7,10,18H,2,5,8-9,11-12H2,1H3. The Kier molecular flexibility index (Phi) is 4.46. The number of nitrogens with zero attached hydrogens (tertiary/aromatic N) is 3. The maximum absolute atomic E-state index is 6.21. The lowest BCUT2D eigenvalue weighted by Crippen LogP contribution is -2.34. The van der Waals surface area contributed by atoms with Crippen LogP contribution in [0.25, 0.3) is 0 Å². The molecule has 2 aromatic rings. The molecule has 2 heterocycles. The van der Waals surface area contributed by atoms with Gasteiger partial charge >= 0.3 is 0 Å². The molecule has 4 nitrogen and oxygen atoms in total. The van der Waals surface area contributed by atoms with Crippen LogP contribution in [-0.2, 0) is 19.6 Å². The zero-order valence-corrected chi connectivity index (χ0v) is 13.1. The Hall–Kier alpha value is -1.52. The molecule has 0 saturated heterocycles. The van der Waals surface area contributed by atoms with Gasteiger partial charge in [-0.2, -0.15) is 0 Å². The highest BCUT2D eigenvalue weighted by molar-refractivity contribution is 6.30. The van der Waals surface area contributed by atoms with Crippen LogP contribution in [0.5, 0.6) is 0 Å². The molecule has 1 aliphatic heterocycles. The molecule has 1 N–H and O–H groups in total. The minimum Gasteiger partial charge on any atom is -0.362 e. The molecule has 5 heteroatoms. The van der Waals surface area contributed by atoms with Gasteiger partial charge in [-0.1, -0.05) is 24.6 Å². The van der Waals surface area contributed by atoms with Gasteiger partial charge in [0.2, 0.25) is 0 Å². The number of hydrogen-bond donors (Lipinski definition) is 1. The zero-order chi connectivity index (χ0) is 14.7. The summed E-state index contributed by atoms with van der Waals surface area (Å²) in [7, 11) is 0. The van der Waals surface area contributed by atoms with Crippen molar-refractivity contribution >= 4 is 17.3 Å². The van der Waals surface area contributed by atoms with Crippen LogP contribution in [0, 0.1) is 0 Å². The fraction of sp³-hybridized carbons (Fsp3) is 0.438. The van der Waals surface area contributed by atoms with E-state index in [0.29, 0.717) is 0 Å². The molecule has 0 fully saturated rings. The van der Waals surface area contributed by atoms with Crippen LogP contribution in [0.2, 0.25) is 5.02 Å². The van der Waals surface area contributed by atoms with E-state index < -0.39 is 0 Å². The predicted octanol–water partition coefficient (Wildman–Crippen LogP) is 3.06. The molecule has 1 aliphatic rings. The second kappa shape index (κ2) is 6.50. The highest BCUT2D eigenvalue weighted by Crippen LogP contribution is 2.27. The third-order valence-corrected chi connectivity index (χ3v) is 4.11. The molecule has 0 unspecified atom stereocenters. The minimum absolute atomic E-state index is 0.790. The Labute approximate surface area is 130 Å². The molecule has 1 aromatic carbocycles. The van der Waals surface area contributed by atoms with Crippen molar-refractivity contribution in [2.45, 2.75) is 33.0 Å². The molecule has 3 rings (SSSR count). The third kappa shape index (κ3) is 3.22. The summed E-state index contributed by atoms with van der Waals surface area (Å²) < 4.78 is 2.22. The Morgan fingerprint density at radius 3 is 3.10 bits per heavy atom. The molecule has 0 saturated carbocycles. The Morgan fingerprint density at radius 1 is 1.33 bits per heavy atom. The Balaban J connectivity index is 1.82. The van der Waals surface area contributed by atoms with E-state index in [4.69, 9.17) is 11.6 Å². The first-order valence-corrected chi connectivity index (χ1v) is 7.90. The lowest BCUT2D eigenvalue weighted by molar-refractivity contribution is 0.557. The molecule has 1 aromatic heterocycles. The van der Waals surface area contributed by atoms with Crippen LogP contribution >= 0.6 is 11.6 Å². The number of benzene rings is 1. The van der Waals surface area contributed by atoms with E-state index in [9.17, 15) is 0 Å². The number of aromatic nitrogens is 2. The fourth-order valence-corrected chi connectivity index (χ4v) is 2.93. The Bertz CT molecular complexity index is 608. The largest absolute Gasteiger partial charge is 0.362 e. The van der Waals surface area contributed by atoms with Gasteiger partial charge < -0.3 is 14.8 Å². The van der Waals surface area contributed by atoms with Crippen molar-refractivity contribution in [3.63, 3.8) is 0 Å². The van der Waals surface area contributed by atoms with Crippen molar-refractivity contribution in [2.24, 2.45) is 0 Å². The summed E-state index contributed by atoms with van der Waals surface area (Å²) in [6, 6.07) is 6.17. The van der Waals surface area contributed by atoms with Crippen molar-refractivity contribution in [2.75, 3.05) is 18.0 Å². The topological polar surface area (TPSA) is 33.1 Å². The second-order valence-electron chi connectivity index (χ2n) is 5.41. The SMILES string of the molecule is CCCNCc1ccc(Cl)cc1N1CCn2ccnc2C1. The van der Waals surface area contributed by atoms with E-state index in [1.807, 2.05) is 18.5 Å². The summed E-state index contributed by atoms with van der Waals surface area (Å²) >= 11 is 6.21. The maximum atomic E-state index is 6.21. The summed E-state index contributed by atoms with van der Waals surface area (Å²) in [5, 5.41) is 4.26. The first-order chi connectivity index (χ1) is 10.3. The molecule has 21 heavy (non-hydrogen) atoms. The molecule has 0 atom stereocenters. The predicted molar refractivity (Wildman–Crippen MR) is 86.7 cm³/mol. The van der Waals surface area contributed by atoms with Gasteiger partial charge in [-0.3, -0.25) is 0 Å². The zero-order valence-electron chi connectivity index (χ0n) is 12.3. The summed E-state index contributed by atoms with van der Waals surface area (Å²) in [6.45, 7) is 6.90. The van der Waals surface area contributed by atoms with E-state index in [-0.39, 0.29) is 0 Å². The van der Waals surface area contributed by atoms with Crippen molar-refractivity contribution in [3.05, 3.63) is 47.0 Å².